The Kier molecular flexibility index (Phi) is 2.64. The summed E-state index contributed by atoms with van der Waals surface area (Å²) in [6, 6.07) is 6.29. The smallest absolute Gasteiger partial charge is 0.139 e. The van der Waals surface area contributed by atoms with E-state index < -0.39 is 23.3 Å². The minimum atomic E-state index is -0.946. The van der Waals surface area contributed by atoms with Crippen LogP contribution in [0.5, 0.6) is 0 Å². The van der Waals surface area contributed by atoms with Crippen LogP contribution in [0.2, 0.25) is 0 Å². The Balaban J connectivity index is 2.62. The summed E-state index contributed by atoms with van der Waals surface area (Å²) in [5.41, 5.74) is -0.479. The van der Waals surface area contributed by atoms with E-state index in [0.29, 0.717) is 6.07 Å². The number of benzene rings is 2. The molecular formula is C12H5F4. The molecule has 0 saturated heterocycles. The second-order valence-corrected chi connectivity index (χ2v) is 3.17. The summed E-state index contributed by atoms with van der Waals surface area (Å²) in [4.78, 5) is 0. The molecule has 0 N–H and O–H groups in total. The standard InChI is InChI=1S/C12H5F4/c13-7-2-4-11(15)10(5-7)9-3-1-8(14)6-12(9)16/h1-3,5-6H. The number of rotatable bonds is 1. The van der Waals surface area contributed by atoms with Gasteiger partial charge in [-0.05, 0) is 24.3 Å². The molecule has 0 saturated carbocycles. The van der Waals surface area contributed by atoms with Gasteiger partial charge in [-0.25, -0.2) is 17.6 Å². The Morgan fingerprint density at radius 2 is 1.56 bits per heavy atom. The van der Waals surface area contributed by atoms with Crippen molar-refractivity contribution in [3.8, 4) is 11.1 Å². The predicted octanol–water partition coefficient (Wildman–Crippen LogP) is 3.71. The first kappa shape index (κ1) is 10.7. The highest BCUT2D eigenvalue weighted by atomic mass is 19.1. The molecule has 81 valence electrons. The highest BCUT2D eigenvalue weighted by molar-refractivity contribution is 5.64. The highest BCUT2D eigenvalue weighted by Gasteiger charge is 2.11. The summed E-state index contributed by atoms with van der Waals surface area (Å²) >= 11 is 0. The summed E-state index contributed by atoms with van der Waals surface area (Å²) in [5, 5.41) is 0. The molecule has 2 aromatic rings. The van der Waals surface area contributed by atoms with Crippen molar-refractivity contribution in [3.63, 3.8) is 0 Å². The molecule has 0 fully saturated rings. The van der Waals surface area contributed by atoms with Gasteiger partial charge in [0.05, 0.1) is 0 Å². The van der Waals surface area contributed by atoms with Crippen molar-refractivity contribution in [1.82, 2.24) is 0 Å². The lowest BCUT2D eigenvalue weighted by Crippen LogP contribution is -1.91. The monoisotopic (exact) mass is 225 g/mol. The van der Waals surface area contributed by atoms with Crippen LogP contribution in [0.15, 0.2) is 30.3 Å². The zero-order valence-corrected chi connectivity index (χ0v) is 7.90. The van der Waals surface area contributed by atoms with Crippen LogP contribution in [-0.4, -0.2) is 0 Å². The second-order valence-electron chi connectivity index (χ2n) is 3.17. The van der Waals surface area contributed by atoms with E-state index in [1.165, 1.54) is 0 Å². The Labute approximate surface area is 89.2 Å². The molecule has 0 heterocycles. The van der Waals surface area contributed by atoms with Crippen LogP contribution in [0.4, 0.5) is 17.6 Å². The van der Waals surface area contributed by atoms with E-state index >= 15 is 0 Å². The lowest BCUT2D eigenvalue weighted by Gasteiger charge is -2.04. The number of hydrogen-bond acceptors (Lipinski definition) is 0. The van der Waals surface area contributed by atoms with Gasteiger partial charge in [0, 0.05) is 23.3 Å². The molecule has 0 aromatic heterocycles. The van der Waals surface area contributed by atoms with Crippen molar-refractivity contribution in [1.29, 1.82) is 0 Å². The van der Waals surface area contributed by atoms with Crippen molar-refractivity contribution in [2.75, 3.05) is 0 Å². The van der Waals surface area contributed by atoms with Crippen LogP contribution < -0.4 is 0 Å². The Morgan fingerprint density at radius 1 is 0.812 bits per heavy atom. The largest absolute Gasteiger partial charge is 0.207 e. The maximum absolute atomic E-state index is 13.3. The van der Waals surface area contributed by atoms with E-state index in [4.69, 9.17) is 0 Å². The third-order valence-corrected chi connectivity index (χ3v) is 2.08. The minimum Gasteiger partial charge on any atom is -0.207 e. The average Bonchev–Trinajstić information content (AvgIpc) is 2.22. The van der Waals surface area contributed by atoms with Gasteiger partial charge < -0.3 is 0 Å². The van der Waals surface area contributed by atoms with Crippen LogP contribution in [0.3, 0.4) is 0 Å². The van der Waals surface area contributed by atoms with Crippen molar-refractivity contribution >= 4 is 0 Å². The van der Waals surface area contributed by atoms with Gasteiger partial charge in [-0.3, -0.25) is 0 Å². The van der Waals surface area contributed by atoms with Gasteiger partial charge in [-0.1, -0.05) is 0 Å². The molecule has 0 bridgehead atoms. The van der Waals surface area contributed by atoms with E-state index in [9.17, 15) is 17.6 Å². The van der Waals surface area contributed by atoms with Gasteiger partial charge in [-0.15, -0.1) is 0 Å². The van der Waals surface area contributed by atoms with Crippen molar-refractivity contribution in [3.05, 3.63) is 59.7 Å². The van der Waals surface area contributed by atoms with Gasteiger partial charge >= 0.3 is 0 Å². The first-order valence-electron chi connectivity index (χ1n) is 4.40. The van der Waals surface area contributed by atoms with E-state index in [2.05, 4.69) is 0 Å². The predicted molar refractivity (Wildman–Crippen MR) is 50.5 cm³/mol. The molecule has 0 aliphatic rings. The van der Waals surface area contributed by atoms with Gasteiger partial charge in [0.1, 0.15) is 23.3 Å². The molecule has 2 rings (SSSR count). The Bertz CT molecular complexity index is 535. The molecule has 0 unspecified atom stereocenters. The SMILES string of the molecule is Fc1ccc(-c2cc(F)c[c]c2F)c(F)c1. The summed E-state index contributed by atoms with van der Waals surface area (Å²) < 4.78 is 52.0. The van der Waals surface area contributed by atoms with E-state index in [-0.39, 0.29) is 11.1 Å². The minimum absolute atomic E-state index is 0.199. The van der Waals surface area contributed by atoms with Crippen LogP contribution in [0, 0.1) is 29.3 Å². The fourth-order valence-electron chi connectivity index (χ4n) is 1.36. The maximum Gasteiger partial charge on any atom is 0.139 e. The first-order valence-corrected chi connectivity index (χ1v) is 4.40. The molecule has 1 radical (unpaired) electrons. The lowest BCUT2D eigenvalue weighted by atomic mass is 10.0. The Hall–Kier alpha value is -1.84. The van der Waals surface area contributed by atoms with Crippen LogP contribution in [0.25, 0.3) is 11.1 Å². The molecule has 16 heavy (non-hydrogen) atoms. The molecule has 0 aliphatic carbocycles. The highest BCUT2D eigenvalue weighted by Crippen LogP contribution is 2.26. The van der Waals surface area contributed by atoms with E-state index in [1.807, 2.05) is 6.07 Å². The van der Waals surface area contributed by atoms with Gasteiger partial charge in [0.25, 0.3) is 0 Å². The van der Waals surface area contributed by atoms with E-state index in [0.717, 1.165) is 24.3 Å². The fourth-order valence-corrected chi connectivity index (χ4v) is 1.36. The topological polar surface area (TPSA) is 0 Å². The lowest BCUT2D eigenvalue weighted by molar-refractivity contribution is 0.580. The molecule has 0 aliphatic heterocycles. The summed E-state index contributed by atoms with van der Waals surface area (Å²) in [6.07, 6.45) is 0. The Morgan fingerprint density at radius 3 is 2.25 bits per heavy atom. The molecule has 2 aromatic carbocycles. The first-order chi connectivity index (χ1) is 7.58. The molecule has 0 spiro atoms. The molecule has 0 atom stereocenters. The maximum atomic E-state index is 13.3. The van der Waals surface area contributed by atoms with Crippen molar-refractivity contribution in [2.45, 2.75) is 0 Å². The zero-order valence-electron chi connectivity index (χ0n) is 7.90. The van der Waals surface area contributed by atoms with Gasteiger partial charge in [0.15, 0.2) is 0 Å². The third kappa shape index (κ3) is 1.91. The van der Waals surface area contributed by atoms with Gasteiger partial charge in [0.2, 0.25) is 0 Å². The van der Waals surface area contributed by atoms with Crippen LogP contribution >= 0.6 is 0 Å². The van der Waals surface area contributed by atoms with Gasteiger partial charge in [-0.2, -0.15) is 0 Å². The quantitative estimate of drug-likeness (QED) is 0.649. The molecule has 4 heteroatoms. The van der Waals surface area contributed by atoms with Crippen molar-refractivity contribution < 1.29 is 17.6 Å². The van der Waals surface area contributed by atoms with E-state index in [1.54, 1.807) is 0 Å². The fraction of sp³-hybridized carbons (Fsp3) is 0. The molecule has 0 amide bonds. The molecular weight excluding hydrogens is 220 g/mol. The molecule has 0 nitrogen and oxygen atoms in total. The second kappa shape index (κ2) is 3.96. The summed E-state index contributed by atoms with van der Waals surface area (Å²) in [6.45, 7) is 0. The number of halogens is 4. The summed E-state index contributed by atoms with van der Waals surface area (Å²) in [5.74, 6) is -3.34. The zero-order chi connectivity index (χ0) is 11.7. The van der Waals surface area contributed by atoms with Crippen LogP contribution in [0.1, 0.15) is 0 Å². The third-order valence-electron chi connectivity index (χ3n) is 2.08. The summed E-state index contributed by atoms with van der Waals surface area (Å²) in [7, 11) is 0. The average molecular weight is 225 g/mol. The van der Waals surface area contributed by atoms with Crippen molar-refractivity contribution in [2.24, 2.45) is 0 Å². The normalized spacial score (nSPS) is 10.5. The van der Waals surface area contributed by atoms with Crippen LogP contribution in [-0.2, 0) is 0 Å². The number of hydrogen-bond donors (Lipinski definition) is 0.